The van der Waals surface area contributed by atoms with Gasteiger partial charge in [-0.05, 0) is 23.6 Å². The molecule has 0 aliphatic heterocycles. The molecule has 1 aliphatic rings. The second kappa shape index (κ2) is 3.95. The number of carbonyl (C=O) groups excluding carboxylic acids is 1. The number of para-hydroxylation sites is 1. The molecule has 0 saturated carbocycles. The Labute approximate surface area is 125 Å². The van der Waals surface area contributed by atoms with E-state index in [0.717, 1.165) is 32.9 Å². The maximum Gasteiger partial charge on any atom is 0.214 e. The van der Waals surface area contributed by atoms with Gasteiger partial charge in [0.15, 0.2) is 0 Å². The maximum atomic E-state index is 12.7. The second-order valence-electron chi connectivity index (χ2n) is 5.31. The highest BCUT2D eigenvalue weighted by molar-refractivity contribution is 6.27. The summed E-state index contributed by atoms with van der Waals surface area (Å²) in [5, 5.41) is 2.89. The molecule has 0 spiro atoms. The molecule has 4 aromatic rings. The van der Waals surface area contributed by atoms with E-state index in [0.29, 0.717) is 11.3 Å². The zero-order valence-corrected chi connectivity index (χ0v) is 11.4. The molecule has 1 aliphatic carbocycles. The van der Waals surface area contributed by atoms with Crippen molar-refractivity contribution in [2.24, 2.45) is 0 Å². The number of aromatic nitrogens is 3. The topological polar surface area (TPSA) is 55.7 Å². The summed E-state index contributed by atoms with van der Waals surface area (Å²) in [5.74, 6) is -0.0849. The van der Waals surface area contributed by atoms with E-state index < -0.39 is 0 Å². The van der Waals surface area contributed by atoms with Crippen molar-refractivity contribution < 1.29 is 4.79 Å². The van der Waals surface area contributed by atoms with Gasteiger partial charge in [0.1, 0.15) is 5.69 Å². The quantitative estimate of drug-likeness (QED) is 0.409. The molecule has 0 radical (unpaired) electrons. The molecule has 0 saturated heterocycles. The van der Waals surface area contributed by atoms with Crippen LogP contribution in [0, 0.1) is 0 Å². The van der Waals surface area contributed by atoms with Gasteiger partial charge in [0.25, 0.3) is 0 Å². The van der Waals surface area contributed by atoms with E-state index in [1.54, 1.807) is 18.6 Å². The van der Waals surface area contributed by atoms with Gasteiger partial charge in [0, 0.05) is 34.9 Å². The average Bonchev–Trinajstić information content (AvgIpc) is 2.59. The van der Waals surface area contributed by atoms with Gasteiger partial charge in [0.2, 0.25) is 5.78 Å². The Hall–Kier alpha value is -3.14. The number of carbonyl (C=O) groups is 1. The molecule has 3 aromatic heterocycles. The maximum absolute atomic E-state index is 12.7. The van der Waals surface area contributed by atoms with E-state index in [1.165, 1.54) is 0 Å². The summed E-state index contributed by atoms with van der Waals surface area (Å²) in [7, 11) is 0. The van der Waals surface area contributed by atoms with Gasteiger partial charge in [-0.3, -0.25) is 14.8 Å². The van der Waals surface area contributed by atoms with Crippen molar-refractivity contribution in [3.8, 4) is 11.3 Å². The first kappa shape index (κ1) is 11.5. The summed E-state index contributed by atoms with van der Waals surface area (Å²) in [4.78, 5) is 25.9. The summed E-state index contributed by atoms with van der Waals surface area (Å²) in [6.45, 7) is 0. The Balaban J connectivity index is 2.11. The third kappa shape index (κ3) is 1.31. The number of rotatable bonds is 0. The molecule has 3 heterocycles. The number of ketones is 1. The third-order valence-electron chi connectivity index (χ3n) is 4.15. The van der Waals surface area contributed by atoms with Crippen molar-refractivity contribution in [1.82, 2.24) is 15.0 Å². The second-order valence-corrected chi connectivity index (χ2v) is 5.31. The minimum absolute atomic E-state index is 0.0849. The fourth-order valence-corrected chi connectivity index (χ4v) is 3.18. The summed E-state index contributed by atoms with van der Waals surface area (Å²) >= 11 is 0. The van der Waals surface area contributed by atoms with Crippen molar-refractivity contribution in [2.75, 3.05) is 0 Å². The van der Waals surface area contributed by atoms with Gasteiger partial charge in [-0.25, -0.2) is 4.98 Å². The lowest BCUT2D eigenvalue weighted by molar-refractivity contribution is 0.103. The molecular formula is C18H9N3O. The number of hydrogen-bond acceptors (Lipinski definition) is 4. The molecule has 0 fully saturated rings. The first-order valence-corrected chi connectivity index (χ1v) is 7.01. The number of hydrogen-bond donors (Lipinski definition) is 0. The lowest BCUT2D eigenvalue weighted by Gasteiger charge is -2.18. The van der Waals surface area contributed by atoms with Crippen LogP contribution in [-0.2, 0) is 0 Å². The molecule has 0 unspecified atom stereocenters. The number of pyridine rings is 3. The number of nitrogens with zero attached hydrogens (tertiary/aromatic N) is 3. The van der Waals surface area contributed by atoms with E-state index in [-0.39, 0.29) is 5.78 Å². The predicted molar refractivity (Wildman–Crippen MR) is 83.7 cm³/mol. The summed E-state index contributed by atoms with van der Waals surface area (Å²) in [6.07, 6.45) is 4.97. The van der Waals surface area contributed by atoms with E-state index >= 15 is 0 Å². The van der Waals surface area contributed by atoms with Crippen LogP contribution in [0.5, 0.6) is 0 Å². The van der Waals surface area contributed by atoms with Gasteiger partial charge in [0.05, 0.1) is 16.8 Å². The van der Waals surface area contributed by atoms with Crippen molar-refractivity contribution in [3.05, 3.63) is 66.2 Å². The lowest BCUT2D eigenvalue weighted by Crippen LogP contribution is -2.13. The van der Waals surface area contributed by atoms with Crippen molar-refractivity contribution in [2.45, 2.75) is 0 Å². The lowest BCUT2D eigenvalue weighted by atomic mass is 9.89. The Morgan fingerprint density at radius 2 is 1.73 bits per heavy atom. The smallest absolute Gasteiger partial charge is 0.214 e. The first-order chi connectivity index (χ1) is 10.8. The van der Waals surface area contributed by atoms with Crippen LogP contribution in [0.1, 0.15) is 16.1 Å². The molecule has 22 heavy (non-hydrogen) atoms. The normalized spacial score (nSPS) is 12.6. The highest BCUT2D eigenvalue weighted by atomic mass is 16.1. The van der Waals surface area contributed by atoms with E-state index in [2.05, 4.69) is 9.97 Å². The molecule has 102 valence electrons. The molecule has 4 heteroatoms. The predicted octanol–water partition coefficient (Wildman–Crippen LogP) is 3.39. The highest BCUT2D eigenvalue weighted by Crippen LogP contribution is 2.39. The Morgan fingerprint density at radius 1 is 0.818 bits per heavy atom. The molecular weight excluding hydrogens is 274 g/mol. The SMILES string of the molecule is O=C1c2cnccc2-c2nc3ccccc3c3ccnc1c23. The van der Waals surface area contributed by atoms with Crippen LogP contribution >= 0.6 is 0 Å². The van der Waals surface area contributed by atoms with Gasteiger partial charge in [-0.15, -0.1) is 0 Å². The van der Waals surface area contributed by atoms with Crippen LogP contribution in [-0.4, -0.2) is 20.7 Å². The van der Waals surface area contributed by atoms with Crippen LogP contribution in [0.3, 0.4) is 0 Å². The minimum Gasteiger partial charge on any atom is -0.287 e. The first-order valence-electron chi connectivity index (χ1n) is 7.01. The Bertz CT molecular complexity index is 1100. The van der Waals surface area contributed by atoms with E-state index in [4.69, 9.17) is 4.98 Å². The molecule has 0 N–H and O–H groups in total. The average molecular weight is 283 g/mol. The molecule has 5 rings (SSSR count). The Morgan fingerprint density at radius 3 is 2.68 bits per heavy atom. The zero-order chi connectivity index (χ0) is 14.7. The largest absolute Gasteiger partial charge is 0.287 e. The summed E-state index contributed by atoms with van der Waals surface area (Å²) in [6, 6.07) is 11.8. The highest BCUT2D eigenvalue weighted by Gasteiger charge is 2.28. The minimum atomic E-state index is -0.0849. The van der Waals surface area contributed by atoms with Gasteiger partial charge < -0.3 is 0 Å². The van der Waals surface area contributed by atoms with Gasteiger partial charge in [-0.1, -0.05) is 18.2 Å². The summed E-state index contributed by atoms with van der Waals surface area (Å²) < 4.78 is 0. The monoisotopic (exact) mass is 283 g/mol. The van der Waals surface area contributed by atoms with Crippen LogP contribution < -0.4 is 0 Å². The molecule has 0 atom stereocenters. The van der Waals surface area contributed by atoms with E-state index in [9.17, 15) is 4.79 Å². The van der Waals surface area contributed by atoms with Gasteiger partial charge in [-0.2, -0.15) is 0 Å². The van der Waals surface area contributed by atoms with Crippen LogP contribution in [0.25, 0.3) is 32.9 Å². The molecule has 4 nitrogen and oxygen atoms in total. The zero-order valence-electron chi connectivity index (χ0n) is 11.4. The number of fused-ring (bicyclic) bond motifs is 4. The van der Waals surface area contributed by atoms with Crippen molar-refractivity contribution >= 4 is 27.5 Å². The summed E-state index contributed by atoms with van der Waals surface area (Å²) in [5.41, 5.74) is 3.59. The molecule has 0 amide bonds. The standard InChI is InChI=1S/C18H9N3O/c22-18-13-9-19-7-5-12(13)16-15-11(6-8-20-17(15)18)10-3-1-2-4-14(10)21-16/h1-9H. The fourth-order valence-electron chi connectivity index (χ4n) is 3.18. The van der Waals surface area contributed by atoms with Crippen molar-refractivity contribution in [3.63, 3.8) is 0 Å². The van der Waals surface area contributed by atoms with E-state index in [1.807, 2.05) is 36.4 Å². The van der Waals surface area contributed by atoms with Crippen LogP contribution in [0.15, 0.2) is 55.0 Å². The molecule has 1 aromatic carbocycles. The fraction of sp³-hybridized carbons (Fsp3) is 0. The van der Waals surface area contributed by atoms with Crippen LogP contribution in [0.2, 0.25) is 0 Å². The van der Waals surface area contributed by atoms with Crippen molar-refractivity contribution in [1.29, 1.82) is 0 Å². The molecule has 0 bridgehead atoms. The Kier molecular flexibility index (Phi) is 2.07. The number of benzene rings is 1. The van der Waals surface area contributed by atoms with Gasteiger partial charge >= 0.3 is 0 Å². The van der Waals surface area contributed by atoms with Crippen LogP contribution in [0.4, 0.5) is 0 Å². The third-order valence-corrected chi connectivity index (χ3v) is 4.15.